The molecule has 0 amide bonds. The molecule has 1 unspecified atom stereocenters. The molecule has 0 aliphatic carbocycles. The van der Waals surface area contributed by atoms with Crippen molar-refractivity contribution in [2.75, 3.05) is 13.2 Å². The summed E-state index contributed by atoms with van der Waals surface area (Å²) in [7, 11) is 0. The molecule has 0 aromatic carbocycles. The molecule has 0 saturated carbocycles. The van der Waals surface area contributed by atoms with Gasteiger partial charge in [-0.05, 0) is 83.5 Å². The van der Waals surface area contributed by atoms with Gasteiger partial charge in [-0.25, -0.2) is 0 Å². The molecule has 64 heavy (non-hydrogen) atoms. The maximum Gasteiger partial charge on any atom is 0.306 e. The number of esters is 3. The first kappa shape index (κ1) is 61.4. The van der Waals surface area contributed by atoms with Crippen molar-refractivity contribution in [1.82, 2.24) is 0 Å². The van der Waals surface area contributed by atoms with Crippen LogP contribution in [-0.2, 0) is 28.6 Å². The van der Waals surface area contributed by atoms with Crippen molar-refractivity contribution in [3.63, 3.8) is 0 Å². The largest absolute Gasteiger partial charge is 0.462 e. The predicted molar refractivity (Wildman–Crippen MR) is 275 cm³/mol. The van der Waals surface area contributed by atoms with Gasteiger partial charge in [-0.1, -0.05) is 230 Å². The Kier molecular flexibility index (Phi) is 50.8. The monoisotopic (exact) mass is 897 g/mol. The van der Waals surface area contributed by atoms with Gasteiger partial charge in [0.2, 0.25) is 0 Å². The third-order valence-corrected chi connectivity index (χ3v) is 12.1. The molecule has 1 atom stereocenters. The summed E-state index contributed by atoms with van der Waals surface area (Å²) < 4.78 is 16.8. The Morgan fingerprint density at radius 2 is 0.562 bits per heavy atom. The molecule has 0 aliphatic rings. The molecule has 372 valence electrons. The van der Waals surface area contributed by atoms with Gasteiger partial charge in [-0.3, -0.25) is 14.4 Å². The summed E-state index contributed by atoms with van der Waals surface area (Å²) in [6, 6.07) is 0. The molecule has 0 aliphatic heterocycles. The van der Waals surface area contributed by atoms with Crippen molar-refractivity contribution in [3.05, 3.63) is 48.6 Å². The lowest BCUT2D eigenvalue weighted by molar-refractivity contribution is -0.167. The van der Waals surface area contributed by atoms with E-state index in [2.05, 4.69) is 69.4 Å². The molecule has 6 heteroatoms. The van der Waals surface area contributed by atoms with Crippen LogP contribution in [0.3, 0.4) is 0 Å². The number of carbonyl (C=O) groups excluding carboxylic acids is 3. The first-order valence-electron chi connectivity index (χ1n) is 27.6. The van der Waals surface area contributed by atoms with E-state index in [0.717, 1.165) is 77.0 Å². The van der Waals surface area contributed by atoms with Crippen LogP contribution in [0.15, 0.2) is 48.6 Å². The molecule has 0 bridgehead atoms. The van der Waals surface area contributed by atoms with Crippen molar-refractivity contribution in [1.29, 1.82) is 0 Å². The van der Waals surface area contributed by atoms with Crippen molar-refractivity contribution in [2.45, 2.75) is 290 Å². The van der Waals surface area contributed by atoms with Crippen molar-refractivity contribution >= 4 is 17.9 Å². The highest BCUT2D eigenvalue weighted by atomic mass is 16.6. The van der Waals surface area contributed by atoms with Gasteiger partial charge >= 0.3 is 17.9 Å². The highest BCUT2D eigenvalue weighted by Gasteiger charge is 2.19. The zero-order valence-corrected chi connectivity index (χ0v) is 42.6. The molecule has 0 aromatic heterocycles. The Hall–Kier alpha value is -2.63. The lowest BCUT2D eigenvalue weighted by Gasteiger charge is -2.18. The van der Waals surface area contributed by atoms with Crippen LogP contribution in [-0.4, -0.2) is 37.2 Å². The first-order valence-corrected chi connectivity index (χ1v) is 27.6. The Morgan fingerprint density at radius 1 is 0.312 bits per heavy atom. The summed E-state index contributed by atoms with van der Waals surface area (Å²) in [6.07, 6.45) is 64.0. The molecule has 0 radical (unpaired) electrons. The van der Waals surface area contributed by atoms with Gasteiger partial charge < -0.3 is 14.2 Å². The average Bonchev–Trinajstić information content (AvgIpc) is 3.29. The fourth-order valence-electron chi connectivity index (χ4n) is 7.86. The average molecular weight is 897 g/mol. The standard InChI is InChI=1S/C58H104O6/c1-4-7-10-13-16-18-20-22-24-26-28-29-30-32-33-35-37-39-42-45-48-51-57(60)63-54-55(53-62-56(59)50-47-44-41-15-12-9-6-3)64-58(61)52-49-46-43-40-38-36-34-31-27-25-23-21-19-17-14-11-8-5-2/h19-22,25-28,55H,4-18,23-24,29-54H2,1-3H3/b21-19-,22-20-,27-25-,28-26-. The topological polar surface area (TPSA) is 78.9 Å². The van der Waals surface area contributed by atoms with Crippen LogP contribution in [0.5, 0.6) is 0 Å². The highest BCUT2D eigenvalue weighted by molar-refractivity contribution is 5.71. The van der Waals surface area contributed by atoms with Crippen LogP contribution in [0.2, 0.25) is 0 Å². The number of rotatable bonds is 50. The molecule has 0 N–H and O–H groups in total. The van der Waals surface area contributed by atoms with Crippen LogP contribution in [0.4, 0.5) is 0 Å². The van der Waals surface area contributed by atoms with E-state index in [1.54, 1.807) is 0 Å². The second-order valence-corrected chi connectivity index (χ2v) is 18.5. The quantitative estimate of drug-likeness (QED) is 0.0262. The third-order valence-electron chi connectivity index (χ3n) is 12.1. The molecule has 0 spiro atoms. The van der Waals surface area contributed by atoms with Gasteiger partial charge in [0.05, 0.1) is 0 Å². The van der Waals surface area contributed by atoms with Crippen LogP contribution in [0.25, 0.3) is 0 Å². The minimum absolute atomic E-state index is 0.0764. The summed E-state index contributed by atoms with van der Waals surface area (Å²) in [6.45, 7) is 6.58. The van der Waals surface area contributed by atoms with E-state index in [1.807, 2.05) is 0 Å². The minimum Gasteiger partial charge on any atom is -0.462 e. The highest BCUT2D eigenvalue weighted by Crippen LogP contribution is 2.15. The molecule has 0 heterocycles. The van der Waals surface area contributed by atoms with E-state index < -0.39 is 6.10 Å². The number of hydrogen-bond donors (Lipinski definition) is 0. The summed E-state index contributed by atoms with van der Waals surface area (Å²) in [5.41, 5.74) is 0. The Morgan fingerprint density at radius 3 is 0.875 bits per heavy atom. The van der Waals surface area contributed by atoms with Crippen molar-refractivity contribution in [3.8, 4) is 0 Å². The number of allylic oxidation sites excluding steroid dienone is 8. The Labute approximate surface area is 397 Å². The maximum absolute atomic E-state index is 12.8. The van der Waals surface area contributed by atoms with E-state index in [9.17, 15) is 14.4 Å². The van der Waals surface area contributed by atoms with Gasteiger partial charge in [0.25, 0.3) is 0 Å². The van der Waals surface area contributed by atoms with Gasteiger partial charge in [-0.2, -0.15) is 0 Å². The second kappa shape index (κ2) is 53.0. The second-order valence-electron chi connectivity index (χ2n) is 18.5. The number of ether oxygens (including phenoxy) is 3. The zero-order valence-electron chi connectivity index (χ0n) is 42.6. The SMILES string of the molecule is CCCCCC/C=C\C/C=C\CCCCCCCCCC(=O)OC(COC(=O)CCCCCCCCC)COC(=O)CCCCCCCCCCC/C=C\C/C=C\CCCCCCC. The van der Waals surface area contributed by atoms with Gasteiger partial charge in [0, 0.05) is 19.3 Å². The molecule has 0 aromatic rings. The normalized spacial score (nSPS) is 12.4. The van der Waals surface area contributed by atoms with E-state index in [-0.39, 0.29) is 31.1 Å². The van der Waals surface area contributed by atoms with Crippen LogP contribution < -0.4 is 0 Å². The molecule has 6 nitrogen and oxygen atoms in total. The smallest absolute Gasteiger partial charge is 0.306 e. The molecule has 0 saturated heterocycles. The first-order chi connectivity index (χ1) is 31.5. The fraction of sp³-hybridized carbons (Fsp3) is 0.810. The summed E-state index contributed by atoms with van der Waals surface area (Å²) in [5.74, 6) is -0.886. The summed E-state index contributed by atoms with van der Waals surface area (Å²) in [4.78, 5) is 37.9. The van der Waals surface area contributed by atoms with E-state index >= 15 is 0 Å². The Bertz CT molecular complexity index is 1120. The minimum atomic E-state index is -0.775. The molecular weight excluding hydrogens is 793 g/mol. The third kappa shape index (κ3) is 50.4. The van der Waals surface area contributed by atoms with Crippen molar-refractivity contribution in [2.24, 2.45) is 0 Å². The lowest BCUT2D eigenvalue weighted by Crippen LogP contribution is -2.30. The van der Waals surface area contributed by atoms with E-state index in [1.165, 1.54) is 167 Å². The van der Waals surface area contributed by atoms with Crippen LogP contribution in [0, 0.1) is 0 Å². The molecule has 0 fully saturated rings. The Balaban J connectivity index is 4.22. The molecular formula is C58H104O6. The zero-order chi connectivity index (χ0) is 46.5. The number of hydrogen-bond acceptors (Lipinski definition) is 6. The summed E-state index contributed by atoms with van der Waals surface area (Å²) in [5, 5.41) is 0. The van der Waals surface area contributed by atoms with Gasteiger partial charge in [-0.15, -0.1) is 0 Å². The van der Waals surface area contributed by atoms with Crippen LogP contribution >= 0.6 is 0 Å². The maximum atomic E-state index is 12.8. The summed E-state index contributed by atoms with van der Waals surface area (Å²) >= 11 is 0. The van der Waals surface area contributed by atoms with Crippen LogP contribution in [0.1, 0.15) is 284 Å². The molecule has 0 rings (SSSR count). The number of carbonyl (C=O) groups is 3. The van der Waals surface area contributed by atoms with E-state index in [0.29, 0.717) is 19.3 Å². The fourth-order valence-corrected chi connectivity index (χ4v) is 7.86. The van der Waals surface area contributed by atoms with Crippen molar-refractivity contribution < 1.29 is 28.6 Å². The van der Waals surface area contributed by atoms with Gasteiger partial charge in [0.15, 0.2) is 6.10 Å². The lowest BCUT2D eigenvalue weighted by atomic mass is 10.1. The van der Waals surface area contributed by atoms with E-state index in [4.69, 9.17) is 14.2 Å². The predicted octanol–water partition coefficient (Wildman–Crippen LogP) is 18.3. The van der Waals surface area contributed by atoms with Gasteiger partial charge in [0.1, 0.15) is 13.2 Å². The number of unbranched alkanes of at least 4 members (excludes halogenated alkanes) is 31.